The van der Waals surface area contributed by atoms with Gasteiger partial charge in [0, 0.05) is 47.8 Å². The van der Waals surface area contributed by atoms with E-state index in [1.54, 1.807) is 6.92 Å². The van der Waals surface area contributed by atoms with Crippen molar-refractivity contribution in [3.05, 3.63) is 82.2 Å². The highest BCUT2D eigenvalue weighted by Crippen LogP contribution is 2.31. The molecule has 1 saturated heterocycles. The smallest absolute Gasteiger partial charge is 0.276 e. The molecule has 2 aromatic heterocycles. The Morgan fingerprint density at radius 1 is 1.08 bits per heavy atom. The number of hydrogen-bond donors (Lipinski definition) is 2. The van der Waals surface area contributed by atoms with Crippen LogP contribution in [0.4, 0.5) is 11.4 Å². The van der Waals surface area contributed by atoms with Gasteiger partial charge in [0.2, 0.25) is 0 Å². The van der Waals surface area contributed by atoms with E-state index >= 15 is 0 Å². The van der Waals surface area contributed by atoms with Crippen LogP contribution in [-0.4, -0.2) is 45.1 Å². The maximum atomic E-state index is 13.2. The number of aliphatic hydroxyl groups is 1. The lowest BCUT2D eigenvalue weighted by Gasteiger charge is -2.31. The van der Waals surface area contributed by atoms with E-state index in [0.717, 1.165) is 31.6 Å². The van der Waals surface area contributed by atoms with Crippen LogP contribution >= 0.6 is 23.2 Å². The zero-order valence-electron chi connectivity index (χ0n) is 19.6. The van der Waals surface area contributed by atoms with E-state index in [4.69, 9.17) is 28.0 Å². The Morgan fingerprint density at radius 3 is 2.44 bits per heavy atom. The zero-order valence-corrected chi connectivity index (χ0v) is 21.1. The summed E-state index contributed by atoms with van der Waals surface area (Å²) in [6, 6.07) is 15.0. The number of fused-ring (bicyclic) bond motifs is 1. The molecule has 0 saturated carbocycles. The number of para-hydroxylation sites is 1. The number of carbonyl (C=O) groups is 1. The van der Waals surface area contributed by atoms with Crippen LogP contribution in [0.15, 0.2) is 60.9 Å². The predicted octanol–water partition coefficient (Wildman–Crippen LogP) is 5.14. The molecule has 1 unspecified atom stereocenters. The van der Waals surface area contributed by atoms with E-state index < -0.39 is 6.10 Å². The van der Waals surface area contributed by atoms with Gasteiger partial charge < -0.3 is 20.2 Å². The molecule has 10 heteroatoms. The third kappa shape index (κ3) is 4.97. The summed E-state index contributed by atoms with van der Waals surface area (Å²) in [5.74, 6) is -0.352. The molecule has 186 valence electrons. The lowest BCUT2D eigenvalue weighted by atomic mass is 10.1. The maximum Gasteiger partial charge on any atom is 0.276 e. The Balaban J connectivity index is 1.35. The molecule has 1 aliphatic rings. The quantitative estimate of drug-likeness (QED) is 0.362. The number of nitrogens with one attached hydrogen (secondary N) is 1. The number of nitrogens with zero attached hydrogens (tertiary/aromatic N) is 4. The van der Waals surface area contributed by atoms with Gasteiger partial charge in [-0.25, -0.2) is 0 Å². The van der Waals surface area contributed by atoms with Crippen molar-refractivity contribution in [2.45, 2.75) is 32.0 Å². The lowest BCUT2D eigenvalue weighted by molar-refractivity contribution is 0.0321. The first kappa shape index (κ1) is 24.4. The molecule has 0 aliphatic carbocycles. The molecule has 0 spiro atoms. The van der Waals surface area contributed by atoms with Gasteiger partial charge >= 0.3 is 0 Å². The Kier molecular flexibility index (Phi) is 7.00. The number of benzene rings is 2. The first-order valence-electron chi connectivity index (χ1n) is 11.7. The number of pyridine rings is 1. The molecular formula is C26H25Cl2N5O3. The van der Waals surface area contributed by atoms with E-state index in [9.17, 15) is 9.90 Å². The number of aromatic nitrogens is 3. The summed E-state index contributed by atoms with van der Waals surface area (Å²) in [4.78, 5) is 26.8. The number of rotatable bonds is 6. The molecule has 1 amide bonds. The highest BCUT2D eigenvalue weighted by Gasteiger charge is 2.22. The second-order valence-electron chi connectivity index (χ2n) is 8.72. The molecule has 5 rings (SSSR count). The Morgan fingerprint density at radius 2 is 1.75 bits per heavy atom. The van der Waals surface area contributed by atoms with Gasteiger partial charge in [0.1, 0.15) is 5.52 Å². The Hall–Kier alpha value is -3.33. The first-order valence-corrected chi connectivity index (χ1v) is 12.4. The Labute approximate surface area is 218 Å². The van der Waals surface area contributed by atoms with Crippen molar-refractivity contribution in [3.63, 3.8) is 0 Å². The SMILES string of the molecule is CC(On1nc(C(=O)Nc2ccc(N3CCC(O)CC3)cc2)c2ccccc21)c1c(Cl)cncc1Cl. The minimum Gasteiger partial charge on any atom is -0.393 e. The first-order chi connectivity index (χ1) is 17.4. The number of amides is 1. The van der Waals surface area contributed by atoms with Gasteiger partial charge in [-0.2, -0.15) is 0 Å². The fourth-order valence-corrected chi connectivity index (χ4v) is 5.04. The largest absolute Gasteiger partial charge is 0.393 e. The highest BCUT2D eigenvalue weighted by molar-refractivity contribution is 6.35. The van der Waals surface area contributed by atoms with Gasteiger partial charge in [-0.1, -0.05) is 46.2 Å². The number of halogens is 2. The summed E-state index contributed by atoms with van der Waals surface area (Å²) < 4.78 is 0. The van der Waals surface area contributed by atoms with Crippen molar-refractivity contribution in [2.75, 3.05) is 23.3 Å². The second-order valence-corrected chi connectivity index (χ2v) is 9.54. The van der Waals surface area contributed by atoms with Gasteiger partial charge in [-0.3, -0.25) is 9.78 Å². The van der Waals surface area contributed by atoms with Crippen molar-refractivity contribution in [3.8, 4) is 0 Å². The van der Waals surface area contributed by atoms with E-state index in [2.05, 4.69) is 20.3 Å². The number of hydrogen-bond acceptors (Lipinski definition) is 6. The van der Waals surface area contributed by atoms with Crippen LogP contribution in [-0.2, 0) is 0 Å². The summed E-state index contributed by atoms with van der Waals surface area (Å²) in [7, 11) is 0. The van der Waals surface area contributed by atoms with E-state index in [-0.39, 0.29) is 17.7 Å². The summed E-state index contributed by atoms with van der Waals surface area (Å²) in [6.45, 7) is 3.42. The van der Waals surface area contributed by atoms with Gasteiger partial charge in [-0.15, -0.1) is 5.10 Å². The summed E-state index contributed by atoms with van der Waals surface area (Å²) in [6.07, 6.45) is 3.75. The molecule has 0 bridgehead atoms. The number of carbonyl (C=O) groups excluding carboxylic acids is 1. The van der Waals surface area contributed by atoms with Crippen LogP contribution in [0, 0.1) is 0 Å². The normalized spacial score (nSPS) is 15.2. The minimum atomic E-state index is -0.546. The molecule has 2 aromatic carbocycles. The van der Waals surface area contributed by atoms with Gasteiger partial charge in [0.25, 0.3) is 5.91 Å². The molecule has 2 N–H and O–H groups in total. The van der Waals surface area contributed by atoms with Crippen molar-refractivity contribution in [1.82, 2.24) is 14.9 Å². The fourth-order valence-electron chi connectivity index (χ4n) is 4.37. The molecule has 1 aliphatic heterocycles. The third-order valence-corrected chi connectivity index (χ3v) is 6.88. The second kappa shape index (κ2) is 10.3. The van der Waals surface area contributed by atoms with Crippen LogP contribution < -0.4 is 15.1 Å². The molecule has 36 heavy (non-hydrogen) atoms. The van der Waals surface area contributed by atoms with Gasteiger partial charge in [0.05, 0.1) is 16.1 Å². The number of anilines is 2. The molecule has 8 nitrogen and oxygen atoms in total. The van der Waals surface area contributed by atoms with Gasteiger partial charge in [-0.05, 0) is 50.1 Å². The maximum absolute atomic E-state index is 13.2. The fraction of sp³-hybridized carbons (Fsp3) is 0.269. The van der Waals surface area contributed by atoms with Crippen molar-refractivity contribution in [1.29, 1.82) is 0 Å². The molecular weight excluding hydrogens is 501 g/mol. The van der Waals surface area contributed by atoms with Crippen LogP contribution in [0.1, 0.15) is 41.9 Å². The average Bonchev–Trinajstić information content (AvgIpc) is 3.23. The molecule has 3 heterocycles. The van der Waals surface area contributed by atoms with E-state index in [1.807, 2.05) is 48.5 Å². The minimum absolute atomic E-state index is 0.222. The van der Waals surface area contributed by atoms with Crippen LogP contribution in [0.5, 0.6) is 0 Å². The number of aliphatic hydroxyl groups excluding tert-OH is 1. The van der Waals surface area contributed by atoms with Gasteiger partial charge in [0.15, 0.2) is 11.8 Å². The Bertz CT molecular complexity index is 1360. The van der Waals surface area contributed by atoms with Crippen LogP contribution in [0.2, 0.25) is 10.0 Å². The van der Waals surface area contributed by atoms with Crippen molar-refractivity contribution in [2.24, 2.45) is 0 Å². The summed E-state index contributed by atoms with van der Waals surface area (Å²) in [5, 5.41) is 18.5. The topological polar surface area (TPSA) is 92.5 Å². The van der Waals surface area contributed by atoms with Crippen molar-refractivity contribution < 1.29 is 14.7 Å². The third-order valence-electron chi connectivity index (χ3n) is 6.28. The summed E-state index contributed by atoms with van der Waals surface area (Å²) in [5.41, 5.74) is 3.17. The summed E-state index contributed by atoms with van der Waals surface area (Å²) >= 11 is 12.6. The lowest BCUT2D eigenvalue weighted by Crippen LogP contribution is -2.35. The van der Waals surface area contributed by atoms with Crippen LogP contribution in [0.3, 0.4) is 0 Å². The average molecular weight is 526 g/mol. The van der Waals surface area contributed by atoms with E-state index in [1.165, 1.54) is 17.2 Å². The van der Waals surface area contributed by atoms with E-state index in [0.29, 0.717) is 32.2 Å². The zero-order chi connectivity index (χ0) is 25.2. The molecule has 4 aromatic rings. The monoisotopic (exact) mass is 525 g/mol. The molecule has 1 fully saturated rings. The highest BCUT2D eigenvalue weighted by atomic mass is 35.5. The van der Waals surface area contributed by atoms with Crippen LogP contribution in [0.25, 0.3) is 10.9 Å². The molecule has 1 atom stereocenters. The molecule has 0 radical (unpaired) electrons. The predicted molar refractivity (Wildman–Crippen MR) is 141 cm³/mol. The number of piperidine rings is 1. The standard InChI is InChI=1S/C26H25Cl2N5O3/c1-16(24-21(27)14-29-15-22(24)28)36-33-23-5-3-2-4-20(23)25(31-33)26(35)30-17-6-8-18(9-7-17)32-12-10-19(34)11-13-32/h2-9,14-16,19,34H,10-13H2,1H3,(H,30,35). The van der Waals surface area contributed by atoms with Crippen molar-refractivity contribution >= 4 is 51.4 Å².